The zero-order chi connectivity index (χ0) is 15.2. The molecule has 2 rings (SSSR count). The molecule has 2 amide bonds. The van der Waals surface area contributed by atoms with Crippen LogP contribution in [-0.2, 0) is 16.0 Å². The fourth-order valence-corrected chi connectivity index (χ4v) is 4.18. The third kappa shape index (κ3) is 5.14. The summed E-state index contributed by atoms with van der Waals surface area (Å²) in [6, 6.07) is 3.99. The van der Waals surface area contributed by atoms with Crippen LogP contribution in [0.1, 0.15) is 17.0 Å². The Morgan fingerprint density at radius 3 is 2.95 bits per heavy atom. The van der Waals surface area contributed by atoms with Crippen molar-refractivity contribution in [2.75, 3.05) is 11.1 Å². The van der Waals surface area contributed by atoms with Gasteiger partial charge in [-0.15, -0.1) is 23.1 Å². The zero-order valence-corrected chi connectivity index (χ0v) is 13.9. The minimum Gasteiger partial charge on any atom is -0.369 e. The van der Waals surface area contributed by atoms with E-state index in [4.69, 9.17) is 5.73 Å². The van der Waals surface area contributed by atoms with Crippen LogP contribution in [-0.4, -0.2) is 22.6 Å². The van der Waals surface area contributed by atoms with Crippen LogP contribution < -0.4 is 11.1 Å². The number of nitrogens with one attached hydrogen (secondary N) is 1. The number of amides is 2. The van der Waals surface area contributed by atoms with Gasteiger partial charge in [0, 0.05) is 11.3 Å². The van der Waals surface area contributed by atoms with E-state index in [-0.39, 0.29) is 17.6 Å². The highest BCUT2D eigenvalue weighted by molar-refractivity contribution is 8.01. The van der Waals surface area contributed by atoms with Gasteiger partial charge >= 0.3 is 0 Å². The molecule has 0 radical (unpaired) electrons. The monoisotopic (exact) mass is 341 g/mol. The molecular formula is C13H15N3O2S3. The number of nitrogens with zero attached hydrogens (tertiary/aromatic N) is 1. The number of aromatic nitrogens is 1. The predicted molar refractivity (Wildman–Crippen MR) is 88.0 cm³/mol. The van der Waals surface area contributed by atoms with Gasteiger partial charge in [0.1, 0.15) is 0 Å². The second kappa shape index (κ2) is 7.58. The molecule has 0 saturated carbocycles. The standard InChI is InChI=1S/C13H15N3O2S3/c1-8-12(20-7-10(14)17)21-13(15-8)16-11(18)5-4-9-3-2-6-19-9/h2-3,6H,4-5,7H2,1H3,(H2,14,17)(H,15,16,18). The van der Waals surface area contributed by atoms with E-state index in [1.54, 1.807) is 11.3 Å². The van der Waals surface area contributed by atoms with Crippen LogP contribution >= 0.6 is 34.4 Å². The van der Waals surface area contributed by atoms with Crippen molar-refractivity contribution in [3.8, 4) is 0 Å². The smallest absolute Gasteiger partial charge is 0.227 e. The number of thiazole rings is 1. The van der Waals surface area contributed by atoms with Crippen molar-refractivity contribution in [1.82, 2.24) is 4.98 Å². The van der Waals surface area contributed by atoms with Gasteiger partial charge < -0.3 is 11.1 Å². The number of thioether (sulfide) groups is 1. The van der Waals surface area contributed by atoms with Gasteiger partial charge in [0.2, 0.25) is 11.8 Å². The molecule has 0 fully saturated rings. The van der Waals surface area contributed by atoms with Crippen molar-refractivity contribution in [2.24, 2.45) is 5.73 Å². The molecule has 0 spiro atoms. The van der Waals surface area contributed by atoms with Gasteiger partial charge in [0.15, 0.2) is 5.13 Å². The zero-order valence-electron chi connectivity index (χ0n) is 11.4. The molecule has 0 aliphatic carbocycles. The van der Waals surface area contributed by atoms with E-state index in [0.29, 0.717) is 11.6 Å². The molecular weight excluding hydrogens is 326 g/mol. The SMILES string of the molecule is Cc1nc(NC(=O)CCc2cccs2)sc1SCC(N)=O. The minimum atomic E-state index is -0.366. The number of carbonyl (C=O) groups excluding carboxylic acids is 2. The molecule has 5 nitrogen and oxygen atoms in total. The number of anilines is 1. The Bertz CT molecular complexity index is 623. The molecule has 21 heavy (non-hydrogen) atoms. The van der Waals surface area contributed by atoms with Crippen LogP contribution in [0.4, 0.5) is 5.13 Å². The number of hydrogen-bond donors (Lipinski definition) is 2. The van der Waals surface area contributed by atoms with Crippen LogP contribution in [0, 0.1) is 6.92 Å². The van der Waals surface area contributed by atoms with Crippen molar-refractivity contribution >= 4 is 51.4 Å². The fourth-order valence-electron chi connectivity index (χ4n) is 1.58. The molecule has 8 heteroatoms. The van der Waals surface area contributed by atoms with E-state index in [9.17, 15) is 9.59 Å². The summed E-state index contributed by atoms with van der Waals surface area (Å²) in [6.07, 6.45) is 1.17. The van der Waals surface area contributed by atoms with Gasteiger partial charge in [-0.25, -0.2) is 4.98 Å². The van der Waals surface area contributed by atoms with Gasteiger partial charge in [-0.1, -0.05) is 17.4 Å². The van der Waals surface area contributed by atoms with Crippen molar-refractivity contribution in [3.63, 3.8) is 0 Å². The lowest BCUT2D eigenvalue weighted by Gasteiger charge is -2.00. The first kappa shape index (κ1) is 16.0. The first-order chi connectivity index (χ1) is 10.0. The second-order valence-corrected chi connectivity index (χ2v) is 7.55. The number of hydrogen-bond acceptors (Lipinski definition) is 6. The third-order valence-electron chi connectivity index (χ3n) is 2.52. The molecule has 0 aromatic carbocycles. The predicted octanol–water partition coefficient (Wildman–Crippen LogP) is 2.66. The van der Waals surface area contributed by atoms with E-state index in [1.807, 2.05) is 24.4 Å². The number of primary amides is 1. The van der Waals surface area contributed by atoms with Crippen LogP contribution in [0.25, 0.3) is 0 Å². The highest BCUT2D eigenvalue weighted by Gasteiger charge is 2.12. The Morgan fingerprint density at radius 2 is 2.29 bits per heavy atom. The molecule has 3 N–H and O–H groups in total. The number of carbonyl (C=O) groups is 2. The lowest BCUT2D eigenvalue weighted by atomic mass is 10.2. The van der Waals surface area contributed by atoms with Crippen LogP contribution in [0.15, 0.2) is 21.7 Å². The van der Waals surface area contributed by atoms with Crippen LogP contribution in [0.5, 0.6) is 0 Å². The highest BCUT2D eigenvalue weighted by Crippen LogP contribution is 2.31. The maximum Gasteiger partial charge on any atom is 0.227 e. The molecule has 0 aliphatic rings. The Labute approximate surface area is 135 Å². The summed E-state index contributed by atoms with van der Waals surface area (Å²) in [5.74, 6) is -0.202. The normalized spacial score (nSPS) is 10.5. The maximum absolute atomic E-state index is 11.9. The van der Waals surface area contributed by atoms with Gasteiger partial charge in [-0.2, -0.15) is 0 Å². The largest absolute Gasteiger partial charge is 0.369 e. The van der Waals surface area contributed by atoms with E-state index in [0.717, 1.165) is 16.3 Å². The lowest BCUT2D eigenvalue weighted by Crippen LogP contribution is -2.12. The Hall–Kier alpha value is -1.38. The molecule has 2 aromatic rings. The van der Waals surface area contributed by atoms with E-state index in [2.05, 4.69) is 10.3 Å². The second-order valence-electron chi connectivity index (χ2n) is 4.27. The van der Waals surface area contributed by atoms with E-state index >= 15 is 0 Å². The summed E-state index contributed by atoms with van der Waals surface area (Å²) in [4.78, 5) is 28.1. The van der Waals surface area contributed by atoms with E-state index < -0.39 is 0 Å². The van der Waals surface area contributed by atoms with E-state index in [1.165, 1.54) is 28.0 Å². The topological polar surface area (TPSA) is 85.1 Å². The summed E-state index contributed by atoms with van der Waals surface area (Å²) < 4.78 is 0.905. The third-order valence-corrected chi connectivity index (χ3v) is 5.92. The highest BCUT2D eigenvalue weighted by atomic mass is 32.2. The summed E-state index contributed by atoms with van der Waals surface area (Å²) in [5.41, 5.74) is 5.92. The maximum atomic E-state index is 11.9. The van der Waals surface area contributed by atoms with Crippen LogP contribution in [0.2, 0.25) is 0 Å². The average molecular weight is 341 g/mol. The number of nitrogens with two attached hydrogens (primary N) is 1. The molecule has 0 aliphatic heterocycles. The first-order valence-corrected chi connectivity index (χ1v) is 8.93. The number of thiophene rings is 1. The van der Waals surface area contributed by atoms with Gasteiger partial charge in [-0.05, 0) is 24.8 Å². The van der Waals surface area contributed by atoms with Crippen molar-refractivity contribution in [1.29, 1.82) is 0 Å². The number of rotatable bonds is 7. The Balaban J connectivity index is 1.85. The lowest BCUT2D eigenvalue weighted by molar-refractivity contribution is -0.116. The Kier molecular flexibility index (Phi) is 5.77. The molecule has 0 atom stereocenters. The quantitative estimate of drug-likeness (QED) is 0.758. The minimum absolute atomic E-state index is 0.0522. The summed E-state index contributed by atoms with van der Waals surface area (Å²) >= 11 is 4.36. The molecule has 2 heterocycles. The van der Waals surface area contributed by atoms with Crippen molar-refractivity contribution in [2.45, 2.75) is 24.0 Å². The van der Waals surface area contributed by atoms with Gasteiger partial charge in [0.25, 0.3) is 0 Å². The molecule has 0 unspecified atom stereocenters. The van der Waals surface area contributed by atoms with Crippen molar-refractivity contribution in [3.05, 3.63) is 28.1 Å². The molecule has 2 aromatic heterocycles. The molecule has 0 bridgehead atoms. The molecule has 112 valence electrons. The van der Waals surface area contributed by atoms with Gasteiger partial charge in [0.05, 0.1) is 15.7 Å². The Morgan fingerprint density at radius 1 is 1.48 bits per heavy atom. The molecule has 0 saturated heterocycles. The fraction of sp³-hybridized carbons (Fsp3) is 0.308. The summed E-state index contributed by atoms with van der Waals surface area (Å²) in [5, 5.41) is 5.36. The van der Waals surface area contributed by atoms with Crippen LogP contribution in [0.3, 0.4) is 0 Å². The first-order valence-electron chi connectivity index (χ1n) is 6.25. The summed E-state index contributed by atoms with van der Waals surface area (Å²) in [7, 11) is 0. The number of aryl methyl sites for hydroxylation is 2. The average Bonchev–Trinajstić information content (AvgIpc) is 3.04. The van der Waals surface area contributed by atoms with Crippen molar-refractivity contribution < 1.29 is 9.59 Å². The summed E-state index contributed by atoms with van der Waals surface area (Å²) in [6.45, 7) is 1.85. The van der Waals surface area contributed by atoms with Gasteiger partial charge in [-0.3, -0.25) is 9.59 Å².